The summed E-state index contributed by atoms with van der Waals surface area (Å²) in [5.41, 5.74) is 0. The molecule has 12 heteroatoms. The monoisotopic (exact) mass is 460 g/mol. The van der Waals surface area contributed by atoms with Crippen molar-refractivity contribution < 1.29 is 39.5 Å². The van der Waals surface area contributed by atoms with E-state index in [0.717, 1.165) is 6.55 Å². The lowest BCUT2D eigenvalue weighted by Crippen LogP contribution is -2.60. The van der Waals surface area contributed by atoms with Crippen LogP contribution in [0.2, 0.25) is 12.6 Å². The van der Waals surface area contributed by atoms with Gasteiger partial charge >= 0.3 is 23.9 Å². The van der Waals surface area contributed by atoms with E-state index in [-0.39, 0.29) is 0 Å². The van der Waals surface area contributed by atoms with Crippen molar-refractivity contribution in [3.05, 3.63) is 0 Å². The molecule has 0 heterocycles. The maximum atomic E-state index is 12.9. The first-order chi connectivity index (χ1) is 11.4. The summed E-state index contributed by atoms with van der Waals surface area (Å²) < 4.78 is 111. The average Bonchev–Trinajstić information content (AvgIpc) is 2.44. The molecule has 0 spiro atoms. The third-order valence-electron chi connectivity index (χ3n) is 3.29. The Hall–Kier alpha value is 0.167. The van der Waals surface area contributed by atoms with Crippen LogP contribution >= 0.6 is 22.2 Å². The summed E-state index contributed by atoms with van der Waals surface area (Å²) >= 11 is 10.6. The van der Waals surface area contributed by atoms with E-state index in [4.69, 9.17) is 22.2 Å². The minimum absolute atomic E-state index is 0.966. The van der Waals surface area contributed by atoms with E-state index in [1.54, 1.807) is 0 Å². The zero-order chi connectivity index (χ0) is 21.4. The highest BCUT2D eigenvalue weighted by Gasteiger charge is 2.81. The Kier molecular flexibility index (Phi) is 11.6. The summed E-state index contributed by atoms with van der Waals surface area (Å²) in [5, 5.41) is 0. The summed E-state index contributed by atoms with van der Waals surface area (Å²) in [6, 6.07) is -0.966. The normalized spacial score (nSPS) is 14.1. The second kappa shape index (κ2) is 10.6. The molecule has 0 aliphatic rings. The van der Waals surface area contributed by atoms with E-state index < -0.39 is 43.1 Å². The lowest BCUT2D eigenvalue weighted by molar-refractivity contribution is -0.396. The minimum Gasteiger partial charge on any atom is -0.200 e. The Bertz CT molecular complexity index is 389. The molecule has 0 atom stereocenters. The molecular weight excluding hydrogens is 438 g/mol. The minimum atomic E-state index is -6.86. The van der Waals surface area contributed by atoms with Gasteiger partial charge in [0.2, 0.25) is 6.69 Å². The van der Waals surface area contributed by atoms with Gasteiger partial charge in [-0.3, -0.25) is 0 Å². The maximum Gasteiger partial charge on any atom is 0.460 e. The quantitative estimate of drug-likeness (QED) is 0.140. The van der Waals surface area contributed by atoms with Gasteiger partial charge in [-0.15, -0.1) is 22.2 Å². The summed E-state index contributed by atoms with van der Waals surface area (Å²) in [6.45, 7) is 2.18. The number of hydrogen-bond donors (Lipinski definition) is 0. The lowest BCUT2D eigenvalue weighted by atomic mass is 10.0. The van der Waals surface area contributed by atoms with Crippen molar-refractivity contribution in [2.75, 3.05) is 0 Å². The molecule has 0 aliphatic heterocycles. The fourth-order valence-electron chi connectivity index (χ4n) is 1.62. The van der Waals surface area contributed by atoms with Gasteiger partial charge < -0.3 is 0 Å². The molecular formula is C14H23Cl2F9Si. The van der Waals surface area contributed by atoms with Crippen LogP contribution in [0.1, 0.15) is 52.4 Å². The predicted molar refractivity (Wildman–Crippen MR) is 88.1 cm³/mol. The third kappa shape index (κ3) is 8.90. The topological polar surface area (TPSA) is 0 Å². The first-order valence-electron chi connectivity index (χ1n) is 7.95. The average molecular weight is 461 g/mol. The van der Waals surface area contributed by atoms with Gasteiger partial charge in [0, 0.05) is 6.42 Å². The molecule has 0 aromatic heterocycles. The molecule has 0 radical (unpaired) electrons. The SMILES string of the molecule is CCCCCCC.C[Si](Cl)(Cl)CCC(F)(F)C(F)(F)C(F)(F)C(F)(F)F. The second-order valence-electron chi connectivity index (χ2n) is 5.98. The van der Waals surface area contributed by atoms with E-state index in [1.807, 2.05) is 0 Å². The molecule has 0 aliphatic carbocycles. The molecule has 0 fully saturated rings. The van der Waals surface area contributed by atoms with Crippen molar-refractivity contribution in [1.82, 2.24) is 0 Å². The van der Waals surface area contributed by atoms with Gasteiger partial charge in [0.15, 0.2) is 0 Å². The van der Waals surface area contributed by atoms with Gasteiger partial charge in [0.25, 0.3) is 0 Å². The Morgan fingerprint density at radius 2 is 1.08 bits per heavy atom. The van der Waals surface area contributed by atoms with Gasteiger partial charge in [-0.2, -0.15) is 39.5 Å². The van der Waals surface area contributed by atoms with Crippen molar-refractivity contribution in [3.8, 4) is 0 Å². The fourth-order valence-corrected chi connectivity index (χ4v) is 2.94. The Morgan fingerprint density at radius 3 is 1.35 bits per heavy atom. The number of unbranched alkanes of at least 4 members (excludes halogenated alkanes) is 4. The first kappa shape index (κ1) is 28.4. The third-order valence-corrected chi connectivity index (χ3v) is 5.56. The molecule has 0 aromatic rings. The Morgan fingerprint density at radius 1 is 0.692 bits per heavy atom. The molecule has 0 nitrogen and oxygen atoms in total. The van der Waals surface area contributed by atoms with Crippen molar-refractivity contribution in [2.45, 2.75) is 88.9 Å². The molecule has 0 saturated heterocycles. The molecule has 0 aromatic carbocycles. The van der Waals surface area contributed by atoms with Crippen LogP contribution in [0.3, 0.4) is 0 Å². The van der Waals surface area contributed by atoms with Gasteiger partial charge in [-0.1, -0.05) is 46.0 Å². The van der Waals surface area contributed by atoms with Gasteiger partial charge in [0.05, 0.1) is 0 Å². The zero-order valence-corrected chi connectivity index (χ0v) is 17.1. The van der Waals surface area contributed by atoms with Gasteiger partial charge in [-0.05, 0) is 12.6 Å². The molecule has 0 unspecified atom stereocenters. The highest BCUT2D eigenvalue weighted by Crippen LogP contribution is 2.54. The van der Waals surface area contributed by atoms with Crippen LogP contribution in [0, 0.1) is 0 Å². The standard InChI is InChI=1S/C7H7Cl2F9Si.C7H16/c1-19(8,9)3-2-4(10,11)5(12,13)6(14,15)7(16,17)18;1-3-5-7-6-4-2/h2-3H2,1H3;3-7H2,1-2H3. The summed E-state index contributed by atoms with van der Waals surface area (Å²) in [5.74, 6) is -19.0. The first-order valence-corrected chi connectivity index (χ1v) is 12.7. The van der Waals surface area contributed by atoms with Crippen molar-refractivity contribution >= 4 is 28.9 Å². The van der Waals surface area contributed by atoms with Gasteiger partial charge in [0.1, 0.15) is 0 Å². The highest BCUT2D eigenvalue weighted by molar-refractivity contribution is 7.44. The van der Waals surface area contributed by atoms with E-state index >= 15 is 0 Å². The molecule has 0 rings (SSSR count). The summed E-state index contributed by atoms with van der Waals surface area (Å²) in [7, 11) is 0. The molecule has 0 N–H and O–H groups in total. The molecule has 0 bridgehead atoms. The van der Waals surface area contributed by atoms with Crippen molar-refractivity contribution in [2.24, 2.45) is 0 Å². The predicted octanol–water partition coefficient (Wildman–Crippen LogP) is 8.37. The Balaban J connectivity index is 0. The molecule has 160 valence electrons. The smallest absolute Gasteiger partial charge is 0.200 e. The number of hydrogen-bond acceptors (Lipinski definition) is 0. The van der Waals surface area contributed by atoms with Crippen LogP contribution in [-0.2, 0) is 0 Å². The highest BCUT2D eigenvalue weighted by atomic mass is 35.7. The van der Waals surface area contributed by atoms with Crippen molar-refractivity contribution in [3.63, 3.8) is 0 Å². The van der Waals surface area contributed by atoms with Crippen LogP contribution in [0.5, 0.6) is 0 Å². The summed E-state index contributed by atoms with van der Waals surface area (Å²) in [6.07, 6.45) is -1.77. The maximum absolute atomic E-state index is 12.9. The van der Waals surface area contributed by atoms with E-state index in [1.165, 1.54) is 32.1 Å². The zero-order valence-electron chi connectivity index (χ0n) is 14.6. The second-order valence-corrected chi connectivity index (χ2v) is 14.2. The van der Waals surface area contributed by atoms with Crippen LogP contribution in [0.15, 0.2) is 0 Å². The number of rotatable bonds is 9. The van der Waals surface area contributed by atoms with Crippen LogP contribution in [0.25, 0.3) is 0 Å². The molecule has 26 heavy (non-hydrogen) atoms. The van der Waals surface area contributed by atoms with Crippen LogP contribution < -0.4 is 0 Å². The van der Waals surface area contributed by atoms with Crippen molar-refractivity contribution in [1.29, 1.82) is 0 Å². The lowest BCUT2D eigenvalue weighted by Gasteiger charge is -2.34. The molecule has 0 amide bonds. The van der Waals surface area contributed by atoms with E-state index in [0.29, 0.717) is 0 Å². The molecule has 0 saturated carbocycles. The van der Waals surface area contributed by atoms with Crippen LogP contribution in [-0.4, -0.2) is 30.6 Å². The fraction of sp³-hybridized carbons (Fsp3) is 1.00. The Labute approximate surface area is 157 Å². The number of alkyl halides is 9. The number of halogens is 11. The van der Waals surface area contributed by atoms with Gasteiger partial charge in [-0.25, -0.2) is 0 Å². The summed E-state index contributed by atoms with van der Waals surface area (Å²) in [4.78, 5) is 0. The van der Waals surface area contributed by atoms with E-state index in [9.17, 15) is 39.5 Å². The largest absolute Gasteiger partial charge is 0.460 e. The van der Waals surface area contributed by atoms with Crippen LogP contribution in [0.4, 0.5) is 39.5 Å². The van der Waals surface area contributed by atoms with E-state index in [2.05, 4.69) is 13.8 Å².